The van der Waals surface area contributed by atoms with Gasteiger partial charge in [-0.15, -0.1) is 13.2 Å². The lowest BCUT2D eigenvalue weighted by Gasteiger charge is -2.10. The molecule has 0 unspecified atom stereocenters. The summed E-state index contributed by atoms with van der Waals surface area (Å²) in [6.45, 7) is 0. The highest BCUT2D eigenvalue weighted by atomic mass is 35.5. The van der Waals surface area contributed by atoms with E-state index in [-0.39, 0.29) is 16.4 Å². The van der Waals surface area contributed by atoms with E-state index in [2.05, 4.69) is 9.72 Å². The van der Waals surface area contributed by atoms with Gasteiger partial charge in [0.05, 0.1) is 11.3 Å². The average Bonchev–Trinajstić information content (AvgIpc) is 2.36. The number of hydrogen-bond donors (Lipinski definition) is 1. The summed E-state index contributed by atoms with van der Waals surface area (Å²) in [7, 11) is 0. The number of nitrogens with zero attached hydrogens (tertiary/aromatic N) is 1. The zero-order valence-electron chi connectivity index (χ0n) is 10.2. The van der Waals surface area contributed by atoms with Crippen LogP contribution >= 0.6 is 11.6 Å². The Morgan fingerprint density at radius 1 is 1.24 bits per heavy atom. The molecule has 2 aromatic rings. The molecule has 0 aliphatic carbocycles. The van der Waals surface area contributed by atoms with Gasteiger partial charge in [-0.1, -0.05) is 23.7 Å². The third kappa shape index (κ3) is 3.85. The molecule has 0 saturated carbocycles. The first kappa shape index (κ1) is 15.1. The molecule has 1 aromatic carbocycles. The normalized spacial score (nSPS) is 11.2. The van der Waals surface area contributed by atoms with E-state index in [0.29, 0.717) is 5.56 Å². The molecule has 0 radical (unpaired) electrons. The monoisotopic (exact) mass is 317 g/mol. The number of ether oxygens (including phenoxy) is 1. The fourth-order valence-electron chi connectivity index (χ4n) is 1.61. The molecule has 1 heterocycles. The van der Waals surface area contributed by atoms with Crippen molar-refractivity contribution in [2.75, 3.05) is 0 Å². The summed E-state index contributed by atoms with van der Waals surface area (Å²) in [4.78, 5) is 14.7. The van der Waals surface area contributed by atoms with E-state index < -0.39 is 18.1 Å². The Morgan fingerprint density at radius 3 is 2.52 bits per heavy atom. The van der Waals surface area contributed by atoms with Crippen LogP contribution in [0.2, 0.25) is 5.15 Å². The number of pyridine rings is 1. The van der Waals surface area contributed by atoms with Crippen molar-refractivity contribution < 1.29 is 27.8 Å². The van der Waals surface area contributed by atoms with Crippen LogP contribution in [0.4, 0.5) is 13.2 Å². The number of hydrogen-bond acceptors (Lipinski definition) is 3. The van der Waals surface area contributed by atoms with Gasteiger partial charge in [0.25, 0.3) is 0 Å². The first-order valence-electron chi connectivity index (χ1n) is 5.52. The maximum atomic E-state index is 12.2. The largest absolute Gasteiger partial charge is 0.573 e. The van der Waals surface area contributed by atoms with E-state index in [0.717, 1.165) is 12.1 Å². The van der Waals surface area contributed by atoms with E-state index >= 15 is 0 Å². The number of carboxylic acid groups (broad SMARTS) is 1. The van der Waals surface area contributed by atoms with Crippen molar-refractivity contribution in [3.63, 3.8) is 0 Å². The minimum atomic E-state index is -4.79. The Kier molecular flexibility index (Phi) is 4.04. The topological polar surface area (TPSA) is 59.4 Å². The molecule has 4 nitrogen and oxygen atoms in total. The summed E-state index contributed by atoms with van der Waals surface area (Å²) < 4.78 is 40.3. The van der Waals surface area contributed by atoms with Crippen LogP contribution in [0.25, 0.3) is 11.3 Å². The molecule has 0 aliphatic rings. The molecule has 0 saturated heterocycles. The summed E-state index contributed by atoms with van der Waals surface area (Å²) in [5, 5.41) is 8.58. The predicted octanol–water partition coefficient (Wildman–Crippen LogP) is 4.00. The number of aromatic carboxylic acids is 1. The van der Waals surface area contributed by atoms with Crippen LogP contribution in [0, 0.1) is 0 Å². The molecule has 2 rings (SSSR count). The second-order valence-electron chi connectivity index (χ2n) is 3.92. The third-order valence-corrected chi connectivity index (χ3v) is 2.73. The molecule has 0 amide bonds. The Bertz CT molecular complexity index is 689. The summed E-state index contributed by atoms with van der Waals surface area (Å²) in [6.07, 6.45) is -4.79. The van der Waals surface area contributed by atoms with Crippen molar-refractivity contribution in [3.8, 4) is 17.0 Å². The van der Waals surface area contributed by atoms with Crippen molar-refractivity contribution in [3.05, 3.63) is 47.1 Å². The van der Waals surface area contributed by atoms with Crippen molar-refractivity contribution in [1.29, 1.82) is 0 Å². The van der Waals surface area contributed by atoms with Crippen LogP contribution in [-0.4, -0.2) is 22.4 Å². The van der Waals surface area contributed by atoms with Gasteiger partial charge < -0.3 is 9.84 Å². The molecule has 0 bridgehead atoms. The van der Waals surface area contributed by atoms with E-state index in [9.17, 15) is 18.0 Å². The SMILES string of the molecule is O=C(O)c1ccc(-c2cccc(OC(F)(F)F)c2)nc1Cl. The zero-order chi connectivity index (χ0) is 15.6. The van der Waals surface area contributed by atoms with Gasteiger partial charge in [-0.2, -0.15) is 0 Å². The number of benzene rings is 1. The highest BCUT2D eigenvalue weighted by Gasteiger charge is 2.31. The number of aromatic nitrogens is 1. The van der Waals surface area contributed by atoms with Crippen LogP contribution in [0.5, 0.6) is 5.75 Å². The summed E-state index contributed by atoms with van der Waals surface area (Å²) in [5.74, 6) is -1.64. The quantitative estimate of drug-likeness (QED) is 0.869. The summed E-state index contributed by atoms with van der Waals surface area (Å²) >= 11 is 5.72. The van der Waals surface area contributed by atoms with Crippen LogP contribution in [0.15, 0.2) is 36.4 Å². The van der Waals surface area contributed by atoms with Crippen LogP contribution in [0.1, 0.15) is 10.4 Å². The minimum absolute atomic E-state index is 0.192. The van der Waals surface area contributed by atoms with Crippen molar-refractivity contribution >= 4 is 17.6 Å². The van der Waals surface area contributed by atoms with Gasteiger partial charge in [-0.25, -0.2) is 9.78 Å². The maximum absolute atomic E-state index is 12.2. The lowest BCUT2D eigenvalue weighted by atomic mass is 10.1. The fourth-order valence-corrected chi connectivity index (χ4v) is 1.84. The zero-order valence-corrected chi connectivity index (χ0v) is 10.9. The Labute approximate surface area is 121 Å². The molecular formula is C13H7ClF3NO3. The smallest absolute Gasteiger partial charge is 0.478 e. The Balaban J connectivity index is 2.36. The highest BCUT2D eigenvalue weighted by molar-refractivity contribution is 6.32. The lowest BCUT2D eigenvalue weighted by molar-refractivity contribution is -0.274. The average molecular weight is 318 g/mol. The standard InChI is InChI=1S/C13H7ClF3NO3/c14-11-9(12(19)20)4-5-10(18-11)7-2-1-3-8(6-7)21-13(15,16)17/h1-6H,(H,19,20). The molecule has 8 heteroatoms. The van der Waals surface area contributed by atoms with Crippen molar-refractivity contribution in [2.24, 2.45) is 0 Å². The highest BCUT2D eigenvalue weighted by Crippen LogP contribution is 2.28. The van der Waals surface area contributed by atoms with Gasteiger partial charge in [-0.05, 0) is 24.3 Å². The van der Waals surface area contributed by atoms with Crippen LogP contribution in [0.3, 0.4) is 0 Å². The third-order valence-electron chi connectivity index (χ3n) is 2.44. The second-order valence-corrected chi connectivity index (χ2v) is 4.27. The Hall–Kier alpha value is -2.28. The number of halogens is 4. The van der Waals surface area contributed by atoms with Crippen LogP contribution < -0.4 is 4.74 Å². The van der Waals surface area contributed by atoms with Gasteiger partial charge in [0.1, 0.15) is 10.9 Å². The van der Waals surface area contributed by atoms with Gasteiger partial charge in [0, 0.05) is 5.56 Å². The Morgan fingerprint density at radius 2 is 1.95 bits per heavy atom. The van der Waals surface area contributed by atoms with Gasteiger partial charge in [-0.3, -0.25) is 0 Å². The molecule has 21 heavy (non-hydrogen) atoms. The van der Waals surface area contributed by atoms with Gasteiger partial charge in [0.15, 0.2) is 0 Å². The first-order valence-corrected chi connectivity index (χ1v) is 5.90. The minimum Gasteiger partial charge on any atom is -0.478 e. The summed E-state index contributed by atoms with van der Waals surface area (Å²) in [6, 6.07) is 7.71. The molecule has 0 spiro atoms. The number of alkyl halides is 3. The molecule has 1 aromatic heterocycles. The molecule has 1 N–H and O–H groups in total. The lowest BCUT2D eigenvalue weighted by Crippen LogP contribution is -2.17. The predicted molar refractivity (Wildman–Crippen MR) is 68.3 cm³/mol. The molecule has 110 valence electrons. The molecule has 0 fully saturated rings. The summed E-state index contributed by atoms with van der Waals surface area (Å²) in [5.41, 5.74) is 0.358. The van der Waals surface area contributed by atoms with Crippen LogP contribution in [-0.2, 0) is 0 Å². The van der Waals surface area contributed by atoms with Gasteiger partial charge >= 0.3 is 12.3 Å². The van der Waals surface area contributed by atoms with E-state index in [1.54, 1.807) is 0 Å². The first-order chi connectivity index (χ1) is 9.76. The number of carbonyl (C=O) groups is 1. The van der Waals surface area contributed by atoms with Crippen molar-refractivity contribution in [1.82, 2.24) is 4.98 Å². The van der Waals surface area contributed by atoms with Crippen molar-refractivity contribution in [2.45, 2.75) is 6.36 Å². The van der Waals surface area contributed by atoms with Gasteiger partial charge in [0.2, 0.25) is 0 Å². The molecular weight excluding hydrogens is 311 g/mol. The number of rotatable bonds is 3. The van der Waals surface area contributed by atoms with E-state index in [4.69, 9.17) is 16.7 Å². The van der Waals surface area contributed by atoms with E-state index in [1.165, 1.54) is 24.3 Å². The molecule has 0 atom stereocenters. The molecule has 0 aliphatic heterocycles. The van der Waals surface area contributed by atoms with E-state index in [1.807, 2.05) is 0 Å². The maximum Gasteiger partial charge on any atom is 0.573 e. The second kappa shape index (κ2) is 5.61. The number of carboxylic acids is 1. The fraction of sp³-hybridized carbons (Fsp3) is 0.0769.